The smallest absolute Gasteiger partial charge is 0.275 e. The lowest BCUT2D eigenvalue weighted by atomic mass is 10.2. The summed E-state index contributed by atoms with van der Waals surface area (Å²) in [5.74, 6) is -0.298. The molecule has 0 saturated heterocycles. The lowest BCUT2D eigenvalue weighted by Crippen LogP contribution is -2.20. The Morgan fingerprint density at radius 1 is 1.06 bits per heavy atom. The van der Waals surface area contributed by atoms with E-state index >= 15 is 0 Å². The van der Waals surface area contributed by atoms with Crippen molar-refractivity contribution in [2.24, 2.45) is 5.10 Å². The minimum absolute atomic E-state index is 0.0589. The first-order valence-electron chi connectivity index (χ1n) is 9.95. The van der Waals surface area contributed by atoms with E-state index in [1.54, 1.807) is 24.3 Å². The number of rotatable bonds is 8. The van der Waals surface area contributed by atoms with E-state index in [-0.39, 0.29) is 23.8 Å². The minimum Gasteiger partial charge on any atom is -0.506 e. The molecule has 0 aliphatic carbocycles. The van der Waals surface area contributed by atoms with Gasteiger partial charge in [0.05, 0.1) is 23.4 Å². The molecule has 0 atom stereocenters. The number of halogens is 2. The van der Waals surface area contributed by atoms with Crippen LogP contribution >= 0.6 is 31.9 Å². The molecule has 3 aromatic carbocycles. The largest absolute Gasteiger partial charge is 0.506 e. The second-order valence-corrected chi connectivity index (χ2v) is 8.87. The van der Waals surface area contributed by atoms with Gasteiger partial charge in [0.15, 0.2) is 18.1 Å². The summed E-state index contributed by atoms with van der Waals surface area (Å²) in [5.41, 5.74) is 4.83. The van der Waals surface area contributed by atoms with Gasteiger partial charge in [0, 0.05) is 10.2 Å². The van der Waals surface area contributed by atoms with Gasteiger partial charge < -0.3 is 19.9 Å². The van der Waals surface area contributed by atoms with Gasteiger partial charge >= 0.3 is 0 Å². The molecule has 0 heterocycles. The number of hydrogen-bond donors (Lipinski definition) is 3. The number of amides is 2. The number of anilines is 1. The van der Waals surface area contributed by atoms with E-state index in [1.807, 2.05) is 31.2 Å². The van der Waals surface area contributed by atoms with Gasteiger partial charge in [-0.15, -0.1) is 0 Å². The van der Waals surface area contributed by atoms with Crippen LogP contribution in [0.25, 0.3) is 0 Å². The van der Waals surface area contributed by atoms with Crippen molar-refractivity contribution < 1.29 is 24.2 Å². The first kappa shape index (κ1) is 25.3. The van der Waals surface area contributed by atoms with Crippen molar-refractivity contribution in [2.45, 2.75) is 6.92 Å². The summed E-state index contributed by atoms with van der Waals surface area (Å²) in [6.45, 7) is 1.77. The number of aromatic hydroxyl groups is 1. The highest BCUT2D eigenvalue weighted by molar-refractivity contribution is 9.11. The third-order valence-corrected chi connectivity index (χ3v) is 5.60. The second-order valence-electron chi connectivity index (χ2n) is 7.10. The predicted octanol–water partition coefficient (Wildman–Crippen LogP) is 5.02. The van der Waals surface area contributed by atoms with Crippen LogP contribution < -0.4 is 20.2 Å². The van der Waals surface area contributed by atoms with Crippen LogP contribution in [0.4, 0.5) is 5.69 Å². The Morgan fingerprint density at radius 2 is 1.79 bits per heavy atom. The van der Waals surface area contributed by atoms with Crippen LogP contribution in [-0.2, 0) is 4.79 Å². The molecule has 176 valence electrons. The van der Waals surface area contributed by atoms with E-state index in [4.69, 9.17) is 9.47 Å². The van der Waals surface area contributed by atoms with Crippen molar-refractivity contribution in [1.29, 1.82) is 0 Å². The Bertz CT molecular complexity index is 1230. The molecular weight excluding hydrogens is 570 g/mol. The van der Waals surface area contributed by atoms with Crippen LogP contribution in [0, 0.1) is 6.92 Å². The lowest BCUT2D eigenvalue weighted by molar-refractivity contribution is -0.118. The van der Waals surface area contributed by atoms with Crippen LogP contribution in [0.3, 0.4) is 0 Å². The standard InChI is InChI=1S/C24H21Br2N3O5/c1-14-3-6-17(7-4-14)28-22(30)13-34-20-8-5-15(9-21(20)33-2)12-27-29-24(32)18-10-16(25)11-19(26)23(18)31/h3-12,31H,13H2,1-2H3,(H,28,30)(H,29,32)/b27-12+. The van der Waals surface area contributed by atoms with Gasteiger partial charge in [-0.05, 0) is 70.9 Å². The molecule has 2 amide bonds. The summed E-state index contributed by atoms with van der Waals surface area (Å²) in [4.78, 5) is 24.5. The van der Waals surface area contributed by atoms with E-state index in [1.165, 1.54) is 19.4 Å². The van der Waals surface area contributed by atoms with Crippen LogP contribution in [0.2, 0.25) is 0 Å². The number of nitrogens with zero attached hydrogens (tertiary/aromatic N) is 1. The van der Waals surface area contributed by atoms with Crippen molar-refractivity contribution in [2.75, 3.05) is 19.0 Å². The first-order chi connectivity index (χ1) is 16.3. The molecule has 3 rings (SSSR count). The summed E-state index contributed by atoms with van der Waals surface area (Å²) in [5, 5.41) is 16.7. The van der Waals surface area contributed by atoms with Crippen molar-refractivity contribution in [3.63, 3.8) is 0 Å². The van der Waals surface area contributed by atoms with Crippen LogP contribution in [0.15, 0.2) is 68.6 Å². The molecule has 0 spiro atoms. The summed E-state index contributed by atoms with van der Waals surface area (Å²) in [6.07, 6.45) is 1.42. The fourth-order valence-corrected chi connectivity index (χ4v) is 4.05. The molecule has 0 aromatic heterocycles. The molecule has 0 aliphatic rings. The Hall–Kier alpha value is -3.37. The predicted molar refractivity (Wildman–Crippen MR) is 137 cm³/mol. The fourth-order valence-electron chi connectivity index (χ4n) is 2.83. The average molecular weight is 591 g/mol. The van der Waals surface area contributed by atoms with E-state index in [9.17, 15) is 14.7 Å². The molecule has 10 heteroatoms. The molecule has 0 fully saturated rings. The number of carbonyl (C=O) groups is 2. The summed E-state index contributed by atoms with van der Waals surface area (Å²) < 4.78 is 11.9. The maximum absolute atomic E-state index is 12.3. The summed E-state index contributed by atoms with van der Waals surface area (Å²) >= 11 is 6.46. The lowest BCUT2D eigenvalue weighted by Gasteiger charge is -2.11. The van der Waals surface area contributed by atoms with E-state index in [0.29, 0.717) is 31.7 Å². The minimum atomic E-state index is -0.581. The van der Waals surface area contributed by atoms with E-state index in [0.717, 1.165) is 5.56 Å². The molecule has 0 aliphatic heterocycles. The number of phenols is 1. The SMILES string of the molecule is COc1cc(/C=N/NC(=O)c2cc(Br)cc(Br)c2O)ccc1OCC(=O)Nc1ccc(C)cc1. The number of carbonyl (C=O) groups excluding carboxylic acids is 2. The Balaban J connectivity index is 1.60. The maximum Gasteiger partial charge on any atom is 0.275 e. The van der Waals surface area contributed by atoms with E-state index < -0.39 is 5.91 Å². The van der Waals surface area contributed by atoms with Crippen molar-refractivity contribution >= 4 is 55.6 Å². The van der Waals surface area contributed by atoms with Gasteiger partial charge in [-0.3, -0.25) is 9.59 Å². The maximum atomic E-state index is 12.3. The molecule has 0 radical (unpaired) electrons. The zero-order valence-electron chi connectivity index (χ0n) is 18.3. The zero-order chi connectivity index (χ0) is 24.7. The highest BCUT2D eigenvalue weighted by Crippen LogP contribution is 2.31. The first-order valence-corrected chi connectivity index (χ1v) is 11.5. The molecule has 0 unspecified atom stereocenters. The Kier molecular flexibility index (Phi) is 8.67. The number of benzene rings is 3. The average Bonchev–Trinajstić information content (AvgIpc) is 2.81. The highest BCUT2D eigenvalue weighted by atomic mass is 79.9. The quantitative estimate of drug-likeness (QED) is 0.252. The van der Waals surface area contributed by atoms with Gasteiger partial charge in [0.1, 0.15) is 5.75 Å². The van der Waals surface area contributed by atoms with Crippen molar-refractivity contribution in [3.05, 3.63) is 80.2 Å². The molecular formula is C24H21Br2N3O5. The summed E-state index contributed by atoms with van der Waals surface area (Å²) in [7, 11) is 1.48. The zero-order valence-corrected chi connectivity index (χ0v) is 21.4. The van der Waals surface area contributed by atoms with Gasteiger partial charge in [-0.25, -0.2) is 5.43 Å². The van der Waals surface area contributed by atoms with Gasteiger partial charge in [-0.2, -0.15) is 5.10 Å². The van der Waals surface area contributed by atoms with Crippen LogP contribution in [0.5, 0.6) is 17.2 Å². The van der Waals surface area contributed by atoms with Gasteiger partial charge in [-0.1, -0.05) is 33.6 Å². The highest BCUT2D eigenvalue weighted by Gasteiger charge is 2.14. The number of phenolic OH excluding ortho intramolecular Hbond substituents is 1. The van der Waals surface area contributed by atoms with Crippen molar-refractivity contribution in [1.82, 2.24) is 5.43 Å². The van der Waals surface area contributed by atoms with Gasteiger partial charge in [0.25, 0.3) is 11.8 Å². The molecule has 3 N–H and O–H groups in total. The number of aryl methyl sites for hydroxylation is 1. The molecule has 3 aromatic rings. The number of hydrogen-bond acceptors (Lipinski definition) is 6. The van der Waals surface area contributed by atoms with Crippen LogP contribution in [-0.4, -0.2) is 36.9 Å². The number of ether oxygens (including phenoxy) is 2. The second kappa shape index (κ2) is 11.7. The van der Waals surface area contributed by atoms with E-state index in [2.05, 4.69) is 47.7 Å². The monoisotopic (exact) mass is 589 g/mol. The third-order valence-electron chi connectivity index (χ3n) is 4.53. The molecule has 34 heavy (non-hydrogen) atoms. The summed E-state index contributed by atoms with van der Waals surface area (Å²) in [6, 6.07) is 15.5. The molecule has 0 bridgehead atoms. The topological polar surface area (TPSA) is 109 Å². The Labute approximate surface area is 213 Å². The van der Waals surface area contributed by atoms with Gasteiger partial charge in [0.2, 0.25) is 0 Å². The molecule has 0 saturated carbocycles. The molecule has 8 nitrogen and oxygen atoms in total. The normalized spacial score (nSPS) is 10.7. The number of methoxy groups -OCH3 is 1. The number of hydrazone groups is 1. The number of nitrogens with one attached hydrogen (secondary N) is 2. The van der Waals surface area contributed by atoms with Crippen LogP contribution in [0.1, 0.15) is 21.5 Å². The van der Waals surface area contributed by atoms with Crippen molar-refractivity contribution in [3.8, 4) is 17.2 Å². The fraction of sp³-hybridized carbons (Fsp3) is 0.125. The third kappa shape index (κ3) is 6.82. The Morgan fingerprint density at radius 3 is 2.50 bits per heavy atom.